The quantitative estimate of drug-likeness (QED) is 0.336. The van der Waals surface area contributed by atoms with E-state index in [1.807, 2.05) is 37.4 Å². The lowest BCUT2D eigenvalue weighted by Crippen LogP contribution is -2.20. The molecule has 180 valence electrons. The van der Waals surface area contributed by atoms with Gasteiger partial charge in [0.1, 0.15) is 0 Å². The highest BCUT2D eigenvalue weighted by molar-refractivity contribution is 7.99. The van der Waals surface area contributed by atoms with Crippen LogP contribution in [-0.2, 0) is 6.18 Å². The molecular weight excluding hydrogens is 526 g/mol. The molecule has 1 aromatic heterocycles. The zero-order chi connectivity index (χ0) is 22.7. The maximum Gasteiger partial charge on any atom is 0.417 e. The molecule has 0 radical (unpaired) electrons. The van der Waals surface area contributed by atoms with E-state index in [1.165, 1.54) is 11.8 Å². The van der Waals surface area contributed by atoms with Crippen LogP contribution in [0.25, 0.3) is 6.08 Å². The lowest BCUT2D eigenvalue weighted by molar-refractivity contribution is -0.138. The number of hydrogen-bond acceptors (Lipinski definition) is 4. The molecule has 0 atom stereocenters. The van der Waals surface area contributed by atoms with E-state index in [4.69, 9.17) is 11.6 Å². The van der Waals surface area contributed by atoms with Gasteiger partial charge >= 0.3 is 6.18 Å². The van der Waals surface area contributed by atoms with E-state index in [0.29, 0.717) is 22.2 Å². The number of para-hydroxylation sites is 1. The first-order valence-corrected chi connectivity index (χ1v) is 11.0. The molecule has 0 bridgehead atoms. The molecule has 0 amide bonds. The van der Waals surface area contributed by atoms with Crippen molar-refractivity contribution in [3.8, 4) is 0 Å². The zero-order valence-electron chi connectivity index (χ0n) is 17.9. The molecule has 0 unspecified atom stereocenters. The van der Waals surface area contributed by atoms with Crippen molar-refractivity contribution in [1.82, 2.24) is 4.98 Å². The third-order valence-corrected chi connectivity index (χ3v) is 6.27. The molecule has 4 rings (SSSR count). The number of benzodiazepines with no additional fused rings is 1. The van der Waals surface area contributed by atoms with Crippen molar-refractivity contribution in [1.29, 1.82) is 0 Å². The van der Waals surface area contributed by atoms with Gasteiger partial charge in [-0.3, -0.25) is 9.98 Å². The van der Waals surface area contributed by atoms with Crippen molar-refractivity contribution >= 4 is 65.7 Å². The second kappa shape index (κ2) is 12.0. The molecule has 0 saturated carbocycles. The highest BCUT2D eigenvalue weighted by Crippen LogP contribution is 2.36. The molecule has 2 aromatic carbocycles. The van der Waals surface area contributed by atoms with Gasteiger partial charge in [0.15, 0.2) is 0 Å². The van der Waals surface area contributed by atoms with Crippen molar-refractivity contribution in [2.24, 2.45) is 4.99 Å². The largest absolute Gasteiger partial charge is 0.417 e. The number of likely N-dealkylation sites (N-methyl/N-ethyl adjacent to an activating group) is 1. The fourth-order valence-corrected chi connectivity index (χ4v) is 4.36. The summed E-state index contributed by atoms with van der Waals surface area (Å²) in [5, 5.41) is 0.562. The molecule has 10 heteroatoms. The third kappa shape index (κ3) is 6.69. The second-order valence-corrected chi connectivity index (χ2v) is 8.75. The molecule has 0 fully saturated rings. The van der Waals surface area contributed by atoms with Gasteiger partial charge in [0.25, 0.3) is 0 Å². The van der Waals surface area contributed by atoms with Crippen molar-refractivity contribution in [2.45, 2.75) is 16.0 Å². The van der Waals surface area contributed by atoms with Crippen LogP contribution in [-0.4, -0.2) is 30.8 Å². The molecule has 3 nitrogen and oxygen atoms in total. The Morgan fingerprint density at radius 1 is 1.03 bits per heavy atom. The van der Waals surface area contributed by atoms with Crippen LogP contribution in [0.3, 0.4) is 0 Å². The molecule has 0 N–H and O–H groups in total. The van der Waals surface area contributed by atoms with Crippen LogP contribution in [0.4, 0.5) is 18.9 Å². The number of benzene rings is 2. The monoisotopic (exact) mass is 545 g/mol. The summed E-state index contributed by atoms with van der Waals surface area (Å²) in [4.78, 5) is 12.1. The summed E-state index contributed by atoms with van der Waals surface area (Å²) in [7, 11) is 2.01. The Labute approximate surface area is 218 Å². The van der Waals surface area contributed by atoms with E-state index in [1.54, 1.807) is 30.3 Å². The Balaban J connectivity index is 0.00000204. The van der Waals surface area contributed by atoms with Gasteiger partial charge in [-0.15, -0.1) is 24.8 Å². The van der Waals surface area contributed by atoms with Gasteiger partial charge in [0.05, 0.1) is 23.5 Å². The van der Waals surface area contributed by atoms with Crippen LogP contribution >= 0.6 is 48.2 Å². The molecule has 0 spiro atoms. The number of anilines is 1. The van der Waals surface area contributed by atoms with Gasteiger partial charge in [-0.05, 0) is 48.6 Å². The Morgan fingerprint density at radius 2 is 1.74 bits per heavy atom. The number of aliphatic imine (C=N–C) groups is 1. The lowest BCUT2D eigenvalue weighted by Gasteiger charge is -2.18. The fourth-order valence-electron chi connectivity index (χ4n) is 3.30. The minimum atomic E-state index is -4.47. The Morgan fingerprint density at radius 3 is 2.44 bits per heavy atom. The summed E-state index contributed by atoms with van der Waals surface area (Å²) in [6.45, 7) is 1.40. The molecule has 3 aromatic rings. The molecular formula is C24H21Cl3F3N3S. The smallest absolute Gasteiger partial charge is 0.372 e. The molecule has 2 heterocycles. The normalized spacial score (nSPS) is 13.4. The average molecular weight is 547 g/mol. The minimum absolute atomic E-state index is 0. The maximum atomic E-state index is 13.3. The number of aromatic nitrogens is 1. The number of nitrogens with zero attached hydrogens (tertiary/aromatic N) is 3. The SMILES string of the molecule is CN1CCN=C(C=Cc2ncc(C(F)(F)F)cc2Sc2ccc(Cl)cc2)c2ccccc21.Cl.Cl. The highest BCUT2D eigenvalue weighted by atomic mass is 35.5. The molecule has 0 aliphatic carbocycles. The summed E-state index contributed by atoms with van der Waals surface area (Å²) >= 11 is 7.14. The van der Waals surface area contributed by atoms with E-state index in [-0.39, 0.29) is 24.8 Å². The van der Waals surface area contributed by atoms with Gasteiger partial charge in [-0.1, -0.05) is 41.6 Å². The first-order chi connectivity index (χ1) is 15.3. The van der Waals surface area contributed by atoms with Crippen LogP contribution in [0.1, 0.15) is 16.8 Å². The Kier molecular flexibility index (Phi) is 9.88. The van der Waals surface area contributed by atoms with E-state index in [9.17, 15) is 13.2 Å². The van der Waals surface area contributed by atoms with Crippen molar-refractivity contribution < 1.29 is 13.2 Å². The van der Waals surface area contributed by atoms with E-state index in [2.05, 4.69) is 14.9 Å². The number of pyridine rings is 1. The van der Waals surface area contributed by atoms with Crippen LogP contribution in [0.5, 0.6) is 0 Å². The number of hydrogen-bond donors (Lipinski definition) is 0. The summed E-state index contributed by atoms with van der Waals surface area (Å²) in [5.74, 6) is 0. The predicted octanol–water partition coefficient (Wildman–Crippen LogP) is 7.70. The number of fused-ring (bicyclic) bond motifs is 1. The summed E-state index contributed by atoms with van der Waals surface area (Å²) in [6, 6.07) is 16.0. The molecule has 1 aliphatic heterocycles. The maximum absolute atomic E-state index is 13.3. The van der Waals surface area contributed by atoms with Crippen LogP contribution in [0.2, 0.25) is 5.02 Å². The first kappa shape index (κ1) is 28.1. The Bertz CT molecular complexity index is 1180. The Hall–Kier alpha value is -2.19. The summed E-state index contributed by atoms with van der Waals surface area (Å²) in [5.41, 5.74) is 2.46. The first-order valence-electron chi connectivity index (χ1n) is 9.85. The predicted molar refractivity (Wildman–Crippen MR) is 139 cm³/mol. The topological polar surface area (TPSA) is 28.5 Å². The second-order valence-electron chi connectivity index (χ2n) is 7.20. The minimum Gasteiger partial charge on any atom is -0.372 e. The van der Waals surface area contributed by atoms with Crippen LogP contribution < -0.4 is 4.90 Å². The fraction of sp³-hybridized carbons (Fsp3) is 0.167. The van der Waals surface area contributed by atoms with Crippen molar-refractivity contribution in [2.75, 3.05) is 25.0 Å². The number of rotatable bonds is 4. The number of halogens is 6. The number of allylic oxidation sites excluding steroid dienone is 1. The zero-order valence-corrected chi connectivity index (χ0v) is 21.1. The van der Waals surface area contributed by atoms with E-state index < -0.39 is 11.7 Å². The molecule has 1 aliphatic rings. The van der Waals surface area contributed by atoms with Gasteiger partial charge in [-0.25, -0.2) is 0 Å². The van der Waals surface area contributed by atoms with Crippen LogP contribution in [0, 0.1) is 0 Å². The van der Waals surface area contributed by atoms with Gasteiger partial charge < -0.3 is 4.90 Å². The van der Waals surface area contributed by atoms with Crippen molar-refractivity contribution in [3.63, 3.8) is 0 Å². The van der Waals surface area contributed by atoms with Gasteiger partial charge in [-0.2, -0.15) is 13.2 Å². The van der Waals surface area contributed by atoms with Crippen LogP contribution in [0.15, 0.2) is 81.7 Å². The lowest BCUT2D eigenvalue weighted by atomic mass is 10.1. The van der Waals surface area contributed by atoms with Gasteiger partial charge in [0, 0.05) is 45.9 Å². The van der Waals surface area contributed by atoms with E-state index >= 15 is 0 Å². The van der Waals surface area contributed by atoms with Crippen molar-refractivity contribution in [3.05, 3.63) is 88.7 Å². The molecule has 0 saturated heterocycles. The summed E-state index contributed by atoms with van der Waals surface area (Å²) in [6.07, 6.45) is -0.0689. The average Bonchev–Trinajstić information content (AvgIpc) is 2.93. The standard InChI is InChI=1S/C24H19ClF3N3S.2ClH/c1-31-13-12-29-20(19-4-2-3-5-22(19)31)10-11-21-23(14-16(15-30-21)24(26,27)28)32-18-8-6-17(25)7-9-18;;/h2-11,14-15H,12-13H2,1H3;2*1H. The van der Waals surface area contributed by atoms with E-state index in [0.717, 1.165) is 40.7 Å². The van der Waals surface area contributed by atoms with Gasteiger partial charge in [0.2, 0.25) is 0 Å². The third-order valence-electron chi connectivity index (χ3n) is 4.96. The molecule has 34 heavy (non-hydrogen) atoms. The summed E-state index contributed by atoms with van der Waals surface area (Å²) < 4.78 is 39.9. The number of alkyl halides is 3. The highest BCUT2D eigenvalue weighted by Gasteiger charge is 2.31.